The molecule has 0 aromatic carbocycles. The van der Waals surface area contributed by atoms with Gasteiger partial charge in [0.05, 0.1) is 0 Å². The molecule has 0 saturated carbocycles. The van der Waals surface area contributed by atoms with Crippen LogP contribution < -0.4 is 10.6 Å². The van der Waals surface area contributed by atoms with Crippen molar-refractivity contribution in [3.05, 3.63) is 0 Å². The first-order valence-corrected chi connectivity index (χ1v) is 6.24. The van der Waals surface area contributed by atoms with Crippen LogP contribution in [0.4, 0.5) is 0 Å². The number of nitrogens with one attached hydrogen (secondary N) is 2. The minimum absolute atomic E-state index is 0.162. The van der Waals surface area contributed by atoms with Gasteiger partial charge in [0.2, 0.25) is 5.91 Å². The van der Waals surface area contributed by atoms with E-state index >= 15 is 0 Å². The first-order valence-electron chi connectivity index (χ1n) is 6.24. The van der Waals surface area contributed by atoms with Gasteiger partial charge in [0, 0.05) is 12.5 Å². The van der Waals surface area contributed by atoms with E-state index in [0.29, 0.717) is 5.92 Å². The molecule has 2 N–H and O–H groups in total. The molecule has 0 aromatic rings. The SMILES string of the molecule is CC(C(=O)NCCCCN(C)C)C1CNC1. The predicted octanol–water partition coefficient (Wildman–Crippen LogP) is 0.300. The van der Waals surface area contributed by atoms with E-state index in [-0.39, 0.29) is 11.8 Å². The van der Waals surface area contributed by atoms with Crippen molar-refractivity contribution < 1.29 is 4.79 Å². The normalized spacial score (nSPS) is 18.2. The van der Waals surface area contributed by atoms with Crippen LogP contribution >= 0.6 is 0 Å². The van der Waals surface area contributed by atoms with Crippen LogP contribution in [0.5, 0.6) is 0 Å². The summed E-state index contributed by atoms with van der Waals surface area (Å²) in [4.78, 5) is 13.9. The summed E-state index contributed by atoms with van der Waals surface area (Å²) in [5.74, 6) is 0.924. The number of unbranched alkanes of at least 4 members (excludes halogenated alkanes) is 1. The highest BCUT2D eigenvalue weighted by Crippen LogP contribution is 2.15. The Morgan fingerprint density at radius 2 is 2.12 bits per heavy atom. The number of carbonyl (C=O) groups is 1. The van der Waals surface area contributed by atoms with Crippen molar-refractivity contribution in [1.82, 2.24) is 15.5 Å². The first kappa shape index (κ1) is 13.5. The van der Waals surface area contributed by atoms with E-state index in [9.17, 15) is 4.79 Å². The number of rotatable bonds is 7. The molecule has 1 heterocycles. The Kier molecular flexibility index (Phi) is 5.77. The minimum Gasteiger partial charge on any atom is -0.356 e. The van der Waals surface area contributed by atoms with Crippen LogP contribution in [-0.2, 0) is 4.79 Å². The summed E-state index contributed by atoms with van der Waals surface area (Å²) in [7, 11) is 4.15. The molecule has 1 aliphatic rings. The van der Waals surface area contributed by atoms with Gasteiger partial charge in [0.25, 0.3) is 0 Å². The molecule has 1 amide bonds. The van der Waals surface area contributed by atoms with Crippen LogP contribution in [0.15, 0.2) is 0 Å². The van der Waals surface area contributed by atoms with Crippen LogP contribution in [-0.4, -0.2) is 51.1 Å². The van der Waals surface area contributed by atoms with Crippen LogP contribution in [0.3, 0.4) is 0 Å². The Hall–Kier alpha value is -0.610. The Balaban J connectivity index is 2.01. The fourth-order valence-electron chi connectivity index (χ4n) is 1.80. The molecular weight excluding hydrogens is 202 g/mol. The molecule has 1 fully saturated rings. The lowest BCUT2D eigenvalue weighted by molar-refractivity contribution is -0.126. The van der Waals surface area contributed by atoms with Gasteiger partial charge in [-0.25, -0.2) is 0 Å². The average molecular weight is 227 g/mol. The highest BCUT2D eigenvalue weighted by atomic mass is 16.1. The molecule has 16 heavy (non-hydrogen) atoms. The van der Waals surface area contributed by atoms with Crippen molar-refractivity contribution in [2.75, 3.05) is 40.3 Å². The first-order chi connectivity index (χ1) is 7.61. The third-order valence-corrected chi connectivity index (χ3v) is 3.27. The predicted molar refractivity (Wildman–Crippen MR) is 66.3 cm³/mol. The Bertz CT molecular complexity index is 214. The number of amides is 1. The molecule has 0 aliphatic carbocycles. The molecule has 1 aliphatic heterocycles. The molecule has 94 valence electrons. The third kappa shape index (κ3) is 4.49. The van der Waals surface area contributed by atoms with Gasteiger partial charge in [-0.15, -0.1) is 0 Å². The van der Waals surface area contributed by atoms with Gasteiger partial charge in [-0.3, -0.25) is 4.79 Å². The van der Waals surface area contributed by atoms with E-state index in [1.165, 1.54) is 0 Å². The average Bonchev–Trinajstić information content (AvgIpc) is 2.13. The van der Waals surface area contributed by atoms with Crippen LogP contribution in [0.25, 0.3) is 0 Å². The largest absolute Gasteiger partial charge is 0.356 e. The standard InChI is InChI=1S/C12H25N3O/c1-10(11-8-13-9-11)12(16)14-6-4-5-7-15(2)3/h10-11,13H,4-9H2,1-3H3,(H,14,16). The topological polar surface area (TPSA) is 44.4 Å². The van der Waals surface area contributed by atoms with Crippen LogP contribution in [0, 0.1) is 11.8 Å². The van der Waals surface area contributed by atoms with Crippen molar-refractivity contribution in [2.24, 2.45) is 11.8 Å². The van der Waals surface area contributed by atoms with Gasteiger partial charge < -0.3 is 15.5 Å². The zero-order valence-electron chi connectivity index (χ0n) is 10.8. The summed E-state index contributed by atoms with van der Waals surface area (Å²) in [5.41, 5.74) is 0. The Morgan fingerprint density at radius 3 is 2.62 bits per heavy atom. The van der Waals surface area contributed by atoms with Crippen molar-refractivity contribution >= 4 is 5.91 Å². The number of hydrogen-bond acceptors (Lipinski definition) is 3. The molecule has 0 aromatic heterocycles. The quantitative estimate of drug-likeness (QED) is 0.615. The smallest absolute Gasteiger partial charge is 0.223 e. The van der Waals surface area contributed by atoms with Gasteiger partial charge in [0.1, 0.15) is 0 Å². The Labute approximate surface area is 98.8 Å². The van der Waals surface area contributed by atoms with Gasteiger partial charge in [-0.2, -0.15) is 0 Å². The Morgan fingerprint density at radius 1 is 1.44 bits per heavy atom. The van der Waals surface area contributed by atoms with Gasteiger partial charge in [-0.05, 0) is 52.5 Å². The summed E-state index contributed by atoms with van der Waals surface area (Å²) < 4.78 is 0. The lowest BCUT2D eigenvalue weighted by Gasteiger charge is -2.31. The maximum atomic E-state index is 11.7. The molecular formula is C12H25N3O. The molecule has 0 spiro atoms. The van der Waals surface area contributed by atoms with E-state index in [1.54, 1.807) is 0 Å². The molecule has 1 saturated heterocycles. The number of nitrogens with zero attached hydrogens (tertiary/aromatic N) is 1. The zero-order chi connectivity index (χ0) is 12.0. The molecule has 1 atom stereocenters. The fourth-order valence-corrected chi connectivity index (χ4v) is 1.80. The highest BCUT2D eigenvalue weighted by Gasteiger charge is 2.28. The third-order valence-electron chi connectivity index (χ3n) is 3.27. The van der Waals surface area contributed by atoms with E-state index < -0.39 is 0 Å². The minimum atomic E-state index is 0.162. The summed E-state index contributed by atoms with van der Waals surface area (Å²) in [6.45, 7) is 5.93. The monoisotopic (exact) mass is 227 g/mol. The maximum absolute atomic E-state index is 11.7. The second kappa shape index (κ2) is 6.86. The summed E-state index contributed by atoms with van der Waals surface area (Å²) in [6, 6.07) is 0. The molecule has 4 nitrogen and oxygen atoms in total. The summed E-state index contributed by atoms with van der Waals surface area (Å²) in [5, 5.41) is 6.22. The molecule has 1 rings (SSSR count). The van der Waals surface area contributed by atoms with Crippen molar-refractivity contribution in [1.29, 1.82) is 0 Å². The molecule has 0 bridgehead atoms. The van der Waals surface area contributed by atoms with E-state index in [1.807, 2.05) is 6.92 Å². The van der Waals surface area contributed by atoms with E-state index in [0.717, 1.165) is 39.0 Å². The zero-order valence-corrected chi connectivity index (χ0v) is 10.8. The summed E-state index contributed by atoms with van der Waals surface area (Å²) in [6.07, 6.45) is 2.21. The van der Waals surface area contributed by atoms with Crippen LogP contribution in [0.2, 0.25) is 0 Å². The van der Waals surface area contributed by atoms with Crippen molar-refractivity contribution in [2.45, 2.75) is 19.8 Å². The number of hydrogen-bond donors (Lipinski definition) is 2. The second-order valence-corrected chi connectivity index (χ2v) is 5.01. The van der Waals surface area contributed by atoms with Gasteiger partial charge in [-0.1, -0.05) is 6.92 Å². The lowest BCUT2D eigenvalue weighted by atomic mass is 9.88. The summed E-state index contributed by atoms with van der Waals surface area (Å²) >= 11 is 0. The van der Waals surface area contributed by atoms with Crippen molar-refractivity contribution in [3.63, 3.8) is 0 Å². The highest BCUT2D eigenvalue weighted by molar-refractivity contribution is 5.78. The maximum Gasteiger partial charge on any atom is 0.223 e. The molecule has 0 radical (unpaired) electrons. The van der Waals surface area contributed by atoms with Gasteiger partial charge >= 0.3 is 0 Å². The van der Waals surface area contributed by atoms with Crippen molar-refractivity contribution in [3.8, 4) is 0 Å². The molecule has 4 heteroatoms. The van der Waals surface area contributed by atoms with Gasteiger partial charge in [0.15, 0.2) is 0 Å². The lowest BCUT2D eigenvalue weighted by Crippen LogP contribution is -2.49. The fraction of sp³-hybridized carbons (Fsp3) is 0.917. The second-order valence-electron chi connectivity index (χ2n) is 5.01. The molecule has 1 unspecified atom stereocenters. The number of carbonyl (C=O) groups excluding carboxylic acids is 1. The van der Waals surface area contributed by atoms with E-state index in [2.05, 4.69) is 29.6 Å². The van der Waals surface area contributed by atoms with E-state index in [4.69, 9.17) is 0 Å². The van der Waals surface area contributed by atoms with Crippen LogP contribution in [0.1, 0.15) is 19.8 Å².